The maximum atomic E-state index is 12.4. The van der Waals surface area contributed by atoms with Gasteiger partial charge in [0.2, 0.25) is 5.91 Å². The second kappa shape index (κ2) is 7.00. The number of carbonyl (C=O) groups excluding carboxylic acids is 1. The summed E-state index contributed by atoms with van der Waals surface area (Å²) in [5.41, 5.74) is 1.08. The van der Waals surface area contributed by atoms with Gasteiger partial charge in [0.1, 0.15) is 12.7 Å². The second-order valence-corrected chi connectivity index (χ2v) is 6.66. The minimum Gasteiger partial charge on any atom is -0.342 e. The van der Waals surface area contributed by atoms with E-state index in [9.17, 15) is 4.79 Å². The van der Waals surface area contributed by atoms with Crippen molar-refractivity contribution >= 4 is 17.2 Å². The Bertz CT molecular complexity index is 609. The maximum absolute atomic E-state index is 12.4. The van der Waals surface area contributed by atoms with E-state index in [1.807, 2.05) is 11.8 Å². The predicted molar refractivity (Wildman–Crippen MR) is 84.7 cm³/mol. The molecule has 6 nitrogen and oxygen atoms in total. The van der Waals surface area contributed by atoms with Crippen molar-refractivity contribution in [3.05, 3.63) is 28.7 Å². The average Bonchev–Trinajstić information content (AvgIpc) is 3.19. The quantitative estimate of drug-likeness (QED) is 0.848. The summed E-state index contributed by atoms with van der Waals surface area (Å²) in [4.78, 5) is 22.9. The van der Waals surface area contributed by atoms with Gasteiger partial charge in [-0.2, -0.15) is 5.10 Å². The third-order valence-corrected chi connectivity index (χ3v) is 5.13. The fraction of sp³-hybridized carbons (Fsp3) is 0.600. The van der Waals surface area contributed by atoms with Gasteiger partial charge in [0.15, 0.2) is 0 Å². The summed E-state index contributed by atoms with van der Waals surface area (Å²) in [6, 6.07) is 0. The zero-order valence-corrected chi connectivity index (χ0v) is 13.6. The lowest BCUT2D eigenvalue weighted by atomic mass is 9.98. The Morgan fingerprint density at radius 1 is 1.50 bits per heavy atom. The number of amides is 1. The number of hydrogen-bond donors (Lipinski definition) is 0. The summed E-state index contributed by atoms with van der Waals surface area (Å²) >= 11 is 1.72. The molecule has 22 heavy (non-hydrogen) atoms. The minimum atomic E-state index is 0.248. The van der Waals surface area contributed by atoms with Crippen LogP contribution >= 0.6 is 11.3 Å². The van der Waals surface area contributed by atoms with Crippen LogP contribution in [0.15, 0.2) is 18.0 Å². The van der Waals surface area contributed by atoms with Crippen LogP contribution in [-0.2, 0) is 11.3 Å². The molecular formula is C15H21N5OS. The molecule has 2 aromatic heterocycles. The third-order valence-electron chi connectivity index (χ3n) is 4.00. The lowest BCUT2D eigenvalue weighted by molar-refractivity contribution is -0.132. The highest BCUT2D eigenvalue weighted by Crippen LogP contribution is 2.29. The largest absolute Gasteiger partial charge is 0.342 e. The van der Waals surface area contributed by atoms with Crippen molar-refractivity contribution < 1.29 is 4.79 Å². The molecule has 0 aromatic carbocycles. The molecular weight excluding hydrogens is 298 g/mol. The molecule has 0 spiro atoms. The van der Waals surface area contributed by atoms with Gasteiger partial charge in [-0.15, -0.1) is 11.3 Å². The van der Waals surface area contributed by atoms with Gasteiger partial charge in [-0.3, -0.25) is 9.48 Å². The summed E-state index contributed by atoms with van der Waals surface area (Å²) in [5.74, 6) is 0.657. The van der Waals surface area contributed by atoms with E-state index in [0.29, 0.717) is 12.3 Å². The Hall–Kier alpha value is -1.76. The first-order valence-electron chi connectivity index (χ1n) is 7.74. The molecule has 0 saturated carbocycles. The van der Waals surface area contributed by atoms with Crippen molar-refractivity contribution in [1.82, 2.24) is 24.6 Å². The number of rotatable bonds is 5. The number of carbonyl (C=O) groups is 1. The molecule has 1 atom stereocenters. The van der Waals surface area contributed by atoms with Crippen LogP contribution in [0.5, 0.6) is 0 Å². The van der Waals surface area contributed by atoms with Crippen LogP contribution in [0.2, 0.25) is 0 Å². The maximum Gasteiger partial charge on any atom is 0.222 e. The van der Waals surface area contributed by atoms with Gasteiger partial charge in [0.25, 0.3) is 0 Å². The highest BCUT2D eigenvalue weighted by atomic mass is 32.1. The standard InChI is InChI=1S/C15H21N5OS/c1-12-9-22-15(18-12)13-4-2-6-19(8-13)14(21)5-3-7-20-11-16-10-17-20/h9-11,13H,2-8H2,1H3/t13-/m1/s1. The number of thiazole rings is 1. The molecule has 1 fully saturated rings. The Kier molecular flexibility index (Phi) is 4.82. The molecule has 1 saturated heterocycles. The van der Waals surface area contributed by atoms with E-state index in [1.54, 1.807) is 22.3 Å². The Morgan fingerprint density at radius 2 is 2.41 bits per heavy atom. The number of likely N-dealkylation sites (tertiary alicyclic amines) is 1. The monoisotopic (exact) mass is 319 g/mol. The summed E-state index contributed by atoms with van der Waals surface area (Å²) in [5, 5.41) is 7.32. The summed E-state index contributed by atoms with van der Waals surface area (Å²) in [7, 11) is 0. The average molecular weight is 319 g/mol. The van der Waals surface area contributed by atoms with Crippen LogP contribution in [-0.4, -0.2) is 43.6 Å². The lowest BCUT2D eigenvalue weighted by Gasteiger charge is -2.32. The lowest BCUT2D eigenvalue weighted by Crippen LogP contribution is -2.39. The zero-order valence-electron chi connectivity index (χ0n) is 12.8. The summed E-state index contributed by atoms with van der Waals surface area (Å²) in [6.45, 7) is 4.46. The fourth-order valence-corrected chi connectivity index (χ4v) is 3.79. The predicted octanol–water partition coefficient (Wildman–Crippen LogP) is 2.23. The van der Waals surface area contributed by atoms with Gasteiger partial charge >= 0.3 is 0 Å². The molecule has 1 amide bonds. The number of aromatic nitrogens is 4. The zero-order chi connectivity index (χ0) is 15.4. The van der Waals surface area contributed by atoms with Crippen molar-refractivity contribution in [2.75, 3.05) is 13.1 Å². The van der Waals surface area contributed by atoms with Crippen LogP contribution in [0.3, 0.4) is 0 Å². The first-order valence-corrected chi connectivity index (χ1v) is 8.62. The molecule has 0 N–H and O–H groups in total. The highest BCUT2D eigenvalue weighted by Gasteiger charge is 2.26. The minimum absolute atomic E-state index is 0.248. The van der Waals surface area contributed by atoms with E-state index in [2.05, 4.69) is 20.4 Å². The fourth-order valence-electron chi connectivity index (χ4n) is 2.86. The van der Waals surface area contributed by atoms with Crippen LogP contribution in [0, 0.1) is 6.92 Å². The normalized spacial score (nSPS) is 18.6. The van der Waals surface area contributed by atoms with E-state index in [0.717, 1.165) is 44.6 Å². The second-order valence-electron chi connectivity index (χ2n) is 5.77. The topological polar surface area (TPSA) is 63.9 Å². The van der Waals surface area contributed by atoms with Crippen molar-refractivity contribution in [2.45, 2.75) is 45.1 Å². The summed E-state index contributed by atoms with van der Waals surface area (Å²) in [6.07, 6.45) is 6.79. The smallest absolute Gasteiger partial charge is 0.222 e. The molecule has 3 rings (SSSR count). The van der Waals surface area contributed by atoms with Gasteiger partial charge in [-0.1, -0.05) is 0 Å². The molecule has 1 aliphatic rings. The molecule has 1 aliphatic heterocycles. The van der Waals surface area contributed by atoms with Crippen LogP contribution in [0.25, 0.3) is 0 Å². The third kappa shape index (κ3) is 3.71. The van der Waals surface area contributed by atoms with Crippen LogP contribution in [0.4, 0.5) is 0 Å². The van der Waals surface area contributed by atoms with Crippen molar-refractivity contribution in [2.24, 2.45) is 0 Å². The van der Waals surface area contributed by atoms with Gasteiger partial charge in [-0.05, 0) is 26.2 Å². The van der Waals surface area contributed by atoms with E-state index in [4.69, 9.17) is 0 Å². The molecule has 118 valence electrons. The molecule has 7 heteroatoms. The van der Waals surface area contributed by atoms with E-state index in [-0.39, 0.29) is 5.91 Å². The molecule has 0 bridgehead atoms. The molecule has 0 aliphatic carbocycles. The number of piperidine rings is 1. The Balaban J connectivity index is 1.49. The van der Waals surface area contributed by atoms with Crippen molar-refractivity contribution in [3.8, 4) is 0 Å². The van der Waals surface area contributed by atoms with Gasteiger partial charge in [0, 0.05) is 43.0 Å². The van der Waals surface area contributed by atoms with Crippen molar-refractivity contribution in [1.29, 1.82) is 0 Å². The Morgan fingerprint density at radius 3 is 3.14 bits per heavy atom. The number of nitrogens with zero attached hydrogens (tertiary/aromatic N) is 5. The first kappa shape index (κ1) is 15.1. The van der Waals surface area contributed by atoms with Gasteiger partial charge < -0.3 is 4.90 Å². The highest BCUT2D eigenvalue weighted by molar-refractivity contribution is 7.09. The first-order chi connectivity index (χ1) is 10.7. The summed E-state index contributed by atoms with van der Waals surface area (Å²) < 4.78 is 1.77. The molecule has 0 unspecified atom stereocenters. The molecule has 3 heterocycles. The number of hydrogen-bond acceptors (Lipinski definition) is 5. The van der Waals surface area contributed by atoms with Crippen LogP contribution in [0.1, 0.15) is 42.3 Å². The van der Waals surface area contributed by atoms with E-state index >= 15 is 0 Å². The Labute approximate surface area is 134 Å². The van der Waals surface area contributed by atoms with Gasteiger partial charge in [-0.25, -0.2) is 9.97 Å². The van der Waals surface area contributed by atoms with Crippen molar-refractivity contribution in [3.63, 3.8) is 0 Å². The molecule has 0 radical (unpaired) electrons. The van der Waals surface area contributed by atoms with Crippen LogP contribution < -0.4 is 0 Å². The van der Waals surface area contributed by atoms with Gasteiger partial charge in [0.05, 0.1) is 5.01 Å². The van der Waals surface area contributed by atoms with E-state index in [1.165, 1.54) is 11.3 Å². The van der Waals surface area contributed by atoms with E-state index < -0.39 is 0 Å². The molecule has 2 aromatic rings. The SMILES string of the molecule is Cc1csc([C@@H]2CCCN(C(=O)CCCn3cncn3)C2)n1. The number of aryl methyl sites for hydroxylation is 2.